The zero-order chi connectivity index (χ0) is 8.97. The Bertz CT molecular complexity index is 182. The molecule has 0 aromatic rings. The normalized spacial score (nSPS) is 20.5. The molecule has 1 atom stereocenters. The first-order valence-corrected chi connectivity index (χ1v) is 4.23. The molecule has 0 radical (unpaired) electrons. The molecule has 0 aromatic heterocycles. The average Bonchev–Trinajstić information content (AvgIpc) is 2.80. The Morgan fingerprint density at radius 3 is 2.75 bits per heavy atom. The largest absolute Gasteiger partial charge is 0.478 e. The highest BCUT2D eigenvalue weighted by molar-refractivity contribution is 5.85. The first-order chi connectivity index (χ1) is 5.70. The lowest BCUT2D eigenvalue weighted by Gasteiger charge is -1.98. The monoisotopic (exact) mass is 170 g/mol. The van der Waals surface area contributed by atoms with E-state index < -0.39 is 5.97 Å². The number of carboxylic acids is 1. The molecule has 0 saturated carbocycles. The fourth-order valence-electron chi connectivity index (χ4n) is 1.05. The highest BCUT2D eigenvalue weighted by Crippen LogP contribution is 2.18. The van der Waals surface area contributed by atoms with Crippen LogP contribution < -0.4 is 0 Å². The lowest BCUT2D eigenvalue weighted by Crippen LogP contribution is -1.98. The van der Waals surface area contributed by atoms with E-state index in [2.05, 4.69) is 6.58 Å². The van der Waals surface area contributed by atoms with E-state index in [9.17, 15) is 4.79 Å². The van der Waals surface area contributed by atoms with Gasteiger partial charge in [0.15, 0.2) is 0 Å². The minimum atomic E-state index is -0.877. The van der Waals surface area contributed by atoms with Gasteiger partial charge in [-0.1, -0.05) is 13.0 Å². The highest BCUT2D eigenvalue weighted by Gasteiger charge is 2.21. The van der Waals surface area contributed by atoms with Crippen LogP contribution in [0, 0.1) is 0 Å². The molecule has 1 aliphatic rings. The van der Waals surface area contributed by atoms with Gasteiger partial charge in [-0.3, -0.25) is 0 Å². The van der Waals surface area contributed by atoms with Gasteiger partial charge in [-0.05, 0) is 19.3 Å². The van der Waals surface area contributed by atoms with Crippen LogP contribution in [0.4, 0.5) is 0 Å². The summed E-state index contributed by atoms with van der Waals surface area (Å²) in [7, 11) is 0. The number of hydrogen-bond donors (Lipinski definition) is 1. The topological polar surface area (TPSA) is 49.8 Å². The standard InChI is InChI=1S/C9H14O3/c1-7(9(10)11)4-2-3-5-8-6-12-8/h8H,1-6H2,(H,10,11). The van der Waals surface area contributed by atoms with E-state index in [1.807, 2.05) is 0 Å². The fourth-order valence-corrected chi connectivity index (χ4v) is 1.05. The van der Waals surface area contributed by atoms with Gasteiger partial charge in [0.25, 0.3) is 0 Å². The summed E-state index contributed by atoms with van der Waals surface area (Å²) in [6, 6.07) is 0. The molecule has 12 heavy (non-hydrogen) atoms. The van der Waals surface area contributed by atoms with Crippen LogP contribution >= 0.6 is 0 Å². The Morgan fingerprint density at radius 2 is 2.25 bits per heavy atom. The van der Waals surface area contributed by atoms with E-state index in [0.717, 1.165) is 25.9 Å². The van der Waals surface area contributed by atoms with Crippen molar-refractivity contribution < 1.29 is 14.6 Å². The Balaban J connectivity index is 1.93. The van der Waals surface area contributed by atoms with Crippen LogP contribution in [0.1, 0.15) is 25.7 Å². The minimum Gasteiger partial charge on any atom is -0.478 e. The third-order valence-electron chi connectivity index (χ3n) is 1.96. The summed E-state index contributed by atoms with van der Waals surface area (Å²) in [5, 5.41) is 8.48. The van der Waals surface area contributed by atoms with Crippen LogP contribution in [0.5, 0.6) is 0 Å². The van der Waals surface area contributed by atoms with Crippen LogP contribution in [-0.2, 0) is 9.53 Å². The highest BCUT2D eigenvalue weighted by atomic mass is 16.6. The van der Waals surface area contributed by atoms with E-state index in [0.29, 0.717) is 18.1 Å². The maximum Gasteiger partial charge on any atom is 0.330 e. The lowest BCUT2D eigenvalue weighted by molar-refractivity contribution is -0.132. The lowest BCUT2D eigenvalue weighted by atomic mass is 10.1. The van der Waals surface area contributed by atoms with Gasteiger partial charge in [-0.2, -0.15) is 0 Å². The minimum absolute atomic E-state index is 0.312. The van der Waals surface area contributed by atoms with Crippen LogP contribution in [0.2, 0.25) is 0 Å². The molecule has 1 aliphatic heterocycles. The number of rotatable bonds is 6. The molecule has 1 rings (SSSR count). The Hall–Kier alpha value is -0.830. The van der Waals surface area contributed by atoms with E-state index in [1.165, 1.54) is 0 Å². The summed E-state index contributed by atoms with van der Waals surface area (Å²) in [5.41, 5.74) is 0.312. The zero-order valence-electron chi connectivity index (χ0n) is 7.08. The summed E-state index contributed by atoms with van der Waals surface area (Å²) >= 11 is 0. The van der Waals surface area contributed by atoms with Crippen molar-refractivity contribution in [1.82, 2.24) is 0 Å². The van der Waals surface area contributed by atoms with Gasteiger partial charge < -0.3 is 9.84 Å². The van der Waals surface area contributed by atoms with Crippen molar-refractivity contribution in [2.45, 2.75) is 31.8 Å². The molecule has 0 aromatic carbocycles. The third-order valence-corrected chi connectivity index (χ3v) is 1.96. The SMILES string of the molecule is C=C(CCCCC1CO1)C(=O)O. The molecule has 0 aliphatic carbocycles. The molecule has 0 spiro atoms. The summed E-state index contributed by atoms with van der Waals surface area (Å²) in [5.74, 6) is -0.877. The van der Waals surface area contributed by atoms with Crippen molar-refractivity contribution in [2.24, 2.45) is 0 Å². The number of ether oxygens (including phenoxy) is 1. The van der Waals surface area contributed by atoms with Gasteiger partial charge in [0.2, 0.25) is 0 Å². The Morgan fingerprint density at radius 1 is 1.58 bits per heavy atom. The molecule has 0 amide bonds. The molecule has 1 fully saturated rings. The summed E-state index contributed by atoms with van der Waals surface area (Å²) in [4.78, 5) is 10.3. The Kier molecular flexibility index (Phi) is 3.29. The van der Waals surface area contributed by atoms with Crippen molar-refractivity contribution >= 4 is 5.97 Å². The zero-order valence-corrected chi connectivity index (χ0v) is 7.08. The number of aliphatic carboxylic acids is 1. The van der Waals surface area contributed by atoms with Crippen molar-refractivity contribution in [2.75, 3.05) is 6.61 Å². The van der Waals surface area contributed by atoms with Crippen molar-refractivity contribution in [1.29, 1.82) is 0 Å². The van der Waals surface area contributed by atoms with Gasteiger partial charge >= 0.3 is 5.97 Å². The predicted molar refractivity (Wildman–Crippen MR) is 45.0 cm³/mol. The predicted octanol–water partition coefficient (Wildman–Crippen LogP) is 1.59. The first kappa shape index (κ1) is 9.26. The molecule has 3 nitrogen and oxygen atoms in total. The maximum atomic E-state index is 10.3. The number of hydrogen-bond acceptors (Lipinski definition) is 2. The van der Waals surface area contributed by atoms with Crippen LogP contribution in [0.15, 0.2) is 12.2 Å². The molecular formula is C9H14O3. The van der Waals surface area contributed by atoms with Gasteiger partial charge in [-0.25, -0.2) is 4.79 Å². The summed E-state index contributed by atoms with van der Waals surface area (Å²) < 4.78 is 5.02. The summed E-state index contributed by atoms with van der Waals surface area (Å²) in [6.07, 6.45) is 4.07. The fraction of sp³-hybridized carbons (Fsp3) is 0.667. The quantitative estimate of drug-likeness (QED) is 0.374. The second-order valence-corrected chi connectivity index (χ2v) is 3.11. The Labute approximate surface area is 72.0 Å². The van der Waals surface area contributed by atoms with Crippen LogP contribution in [0.3, 0.4) is 0 Å². The molecule has 1 heterocycles. The molecule has 1 saturated heterocycles. The van der Waals surface area contributed by atoms with E-state index in [-0.39, 0.29) is 0 Å². The first-order valence-electron chi connectivity index (χ1n) is 4.23. The van der Waals surface area contributed by atoms with Crippen molar-refractivity contribution in [3.63, 3.8) is 0 Å². The maximum absolute atomic E-state index is 10.3. The van der Waals surface area contributed by atoms with E-state index in [4.69, 9.17) is 9.84 Å². The van der Waals surface area contributed by atoms with Crippen LogP contribution in [-0.4, -0.2) is 23.8 Å². The summed E-state index contributed by atoms with van der Waals surface area (Å²) in [6.45, 7) is 4.34. The number of unbranched alkanes of at least 4 members (excludes halogenated alkanes) is 1. The second kappa shape index (κ2) is 4.26. The number of carboxylic acid groups (broad SMARTS) is 1. The molecule has 1 N–H and O–H groups in total. The molecule has 3 heteroatoms. The molecular weight excluding hydrogens is 156 g/mol. The average molecular weight is 170 g/mol. The van der Waals surface area contributed by atoms with Gasteiger partial charge in [0, 0.05) is 5.57 Å². The number of carbonyl (C=O) groups is 1. The van der Waals surface area contributed by atoms with E-state index in [1.54, 1.807) is 0 Å². The van der Waals surface area contributed by atoms with Gasteiger partial charge in [-0.15, -0.1) is 0 Å². The number of epoxide rings is 1. The van der Waals surface area contributed by atoms with Gasteiger partial charge in [0.1, 0.15) is 0 Å². The molecule has 1 unspecified atom stereocenters. The van der Waals surface area contributed by atoms with Gasteiger partial charge in [0.05, 0.1) is 12.7 Å². The van der Waals surface area contributed by atoms with E-state index >= 15 is 0 Å². The van der Waals surface area contributed by atoms with Crippen molar-refractivity contribution in [3.8, 4) is 0 Å². The third kappa shape index (κ3) is 3.53. The smallest absolute Gasteiger partial charge is 0.330 e. The second-order valence-electron chi connectivity index (χ2n) is 3.11. The molecule has 0 bridgehead atoms. The molecule has 68 valence electrons. The van der Waals surface area contributed by atoms with Crippen molar-refractivity contribution in [3.05, 3.63) is 12.2 Å². The van der Waals surface area contributed by atoms with Crippen LogP contribution in [0.25, 0.3) is 0 Å².